The Morgan fingerprint density at radius 3 is 1.77 bits per heavy atom. The molecule has 118 valence electrons. The average Bonchev–Trinajstić information content (AvgIpc) is 2.56. The van der Waals surface area contributed by atoms with Crippen LogP contribution in [0.5, 0.6) is 11.5 Å². The Balaban J connectivity index is 2.38. The first-order chi connectivity index (χ1) is 10.5. The Labute approximate surface area is 130 Å². The van der Waals surface area contributed by atoms with Gasteiger partial charge in [0.2, 0.25) is 0 Å². The molecule has 0 bridgehead atoms. The van der Waals surface area contributed by atoms with E-state index in [-0.39, 0.29) is 11.4 Å². The number of hydrogen-bond donors (Lipinski definition) is 1. The van der Waals surface area contributed by atoms with Gasteiger partial charge in [0, 0.05) is 6.54 Å². The second-order valence-electron chi connectivity index (χ2n) is 4.72. The smallest absolute Gasteiger partial charge is 0.186 e. The van der Waals surface area contributed by atoms with Crippen LogP contribution in [0.1, 0.15) is 10.8 Å². The van der Waals surface area contributed by atoms with Gasteiger partial charge in [0.05, 0.1) is 19.1 Å². The fourth-order valence-electron chi connectivity index (χ4n) is 2.19. The zero-order valence-corrected chi connectivity index (χ0v) is 13.3. The molecule has 1 unspecified atom stereocenters. The van der Waals surface area contributed by atoms with Crippen molar-refractivity contribution in [3.8, 4) is 11.5 Å². The second kappa shape index (κ2) is 6.81. The van der Waals surface area contributed by atoms with E-state index in [2.05, 4.69) is 0 Å². The van der Waals surface area contributed by atoms with Crippen LogP contribution >= 0.6 is 0 Å². The van der Waals surface area contributed by atoms with Gasteiger partial charge < -0.3 is 15.2 Å². The molecule has 0 amide bonds. The lowest BCUT2D eigenvalue weighted by molar-refractivity contribution is 0.414. The largest absolute Gasteiger partial charge is 0.497 e. The van der Waals surface area contributed by atoms with Crippen molar-refractivity contribution >= 4 is 9.84 Å². The van der Waals surface area contributed by atoms with Crippen molar-refractivity contribution < 1.29 is 17.9 Å². The molecule has 0 saturated heterocycles. The second-order valence-corrected chi connectivity index (χ2v) is 6.85. The minimum atomic E-state index is -3.57. The van der Waals surface area contributed by atoms with Crippen molar-refractivity contribution in [1.29, 1.82) is 0 Å². The molecule has 0 fully saturated rings. The summed E-state index contributed by atoms with van der Waals surface area (Å²) in [6.45, 7) is 0.000686. The lowest BCUT2D eigenvalue weighted by atomic mass is 10.1. The van der Waals surface area contributed by atoms with Gasteiger partial charge in [-0.1, -0.05) is 12.1 Å². The monoisotopic (exact) mass is 321 g/mol. The van der Waals surface area contributed by atoms with Crippen LogP contribution in [0.4, 0.5) is 0 Å². The van der Waals surface area contributed by atoms with Crippen molar-refractivity contribution in [1.82, 2.24) is 0 Å². The predicted octanol–water partition coefficient (Wildman–Crippen LogP) is 2.18. The van der Waals surface area contributed by atoms with Crippen molar-refractivity contribution in [2.24, 2.45) is 5.73 Å². The maximum absolute atomic E-state index is 12.8. The van der Waals surface area contributed by atoms with Crippen LogP contribution in [-0.2, 0) is 9.84 Å². The van der Waals surface area contributed by atoms with E-state index in [0.717, 1.165) is 0 Å². The van der Waals surface area contributed by atoms with Gasteiger partial charge in [0.25, 0.3) is 0 Å². The fourth-order valence-corrected chi connectivity index (χ4v) is 3.80. The van der Waals surface area contributed by atoms with Crippen LogP contribution in [-0.4, -0.2) is 29.2 Å². The number of nitrogens with two attached hydrogens (primary N) is 1. The zero-order valence-electron chi connectivity index (χ0n) is 12.5. The van der Waals surface area contributed by atoms with E-state index in [1.165, 1.54) is 19.2 Å². The van der Waals surface area contributed by atoms with E-state index in [9.17, 15) is 8.42 Å². The number of rotatable bonds is 6. The van der Waals surface area contributed by atoms with E-state index in [1.54, 1.807) is 43.5 Å². The maximum atomic E-state index is 12.8. The Morgan fingerprint density at radius 1 is 0.909 bits per heavy atom. The Bertz CT molecular complexity index is 709. The van der Waals surface area contributed by atoms with E-state index in [4.69, 9.17) is 15.2 Å². The highest BCUT2D eigenvalue weighted by Crippen LogP contribution is 2.30. The molecule has 2 aromatic carbocycles. The molecule has 0 heterocycles. The molecule has 2 rings (SSSR count). The number of sulfone groups is 1. The third-order valence-corrected chi connectivity index (χ3v) is 5.61. The maximum Gasteiger partial charge on any atom is 0.186 e. The summed E-state index contributed by atoms with van der Waals surface area (Å²) in [4.78, 5) is 0.222. The van der Waals surface area contributed by atoms with Crippen LogP contribution in [0.15, 0.2) is 53.4 Å². The lowest BCUT2D eigenvalue weighted by Crippen LogP contribution is -2.22. The summed E-state index contributed by atoms with van der Waals surface area (Å²) < 4.78 is 35.7. The standard InChI is InChI=1S/C16H19NO4S/c1-20-13-5-3-12(4-6-13)16(11-17)22(18,19)15-9-7-14(21-2)8-10-15/h3-10,16H,11,17H2,1-2H3. The van der Waals surface area contributed by atoms with Crippen LogP contribution < -0.4 is 15.2 Å². The predicted molar refractivity (Wildman–Crippen MR) is 85.0 cm³/mol. The molecular weight excluding hydrogens is 302 g/mol. The number of methoxy groups -OCH3 is 2. The molecule has 0 aliphatic heterocycles. The van der Waals surface area contributed by atoms with Gasteiger partial charge in [-0.25, -0.2) is 8.42 Å². The van der Waals surface area contributed by atoms with Crippen molar-refractivity contribution in [2.45, 2.75) is 10.1 Å². The van der Waals surface area contributed by atoms with E-state index < -0.39 is 15.1 Å². The molecule has 0 aromatic heterocycles. The van der Waals surface area contributed by atoms with Crippen molar-refractivity contribution in [3.63, 3.8) is 0 Å². The van der Waals surface area contributed by atoms with Crippen LogP contribution in [0.25, 0.3) is 0 Å². The van der Waals surface area contributed by atoms with Crippen LogP contribution in [0, 0.1) is 0 Å². The quantitative estimate of drug-likeness (QED) is 0.882. The van der Waals surface area contributed by atoms with E-state index in [0.29, 0.717) is 17.1 Å². The van der Waals surface area contributed by atoms with Gasteiger partial charge in [-0.3, -0.25) is 0 Å². The van der Waals surface area contributed by atoms with E-state index in [1.807, 2.05) is 0 Å². The minimum absolute atomic E-state index is 0.000686. The van der Waals surface area contributed by atoms with Gasteiger partial charge >= 0.3 is 0 Å². The Morgan fingerprint density at radius 2 is 1.36 bits per heavy atom. The summed E-state index contributed by atoms with van der Waals surface area (Å²) >= 11 is 0. The highest BCUT2D eigenvalue weighted by Gasteiger charge is 2.28. The molecule has 5 nitrogen and oxygen atoms in total. The zero-order chi connectivity index (χ0) is 16.2. The molecule has 6 heteroatoms. The molecule has 2 aromatic rings. The van der Waals surface area contributed by atoms with Gasteiger partial charge in [0.15, 0.2) is 9.84 Å². The topological polar surface area (TPSA) is 78.6 Å². The fraction of sp³-hybridized carbons (Fsp3) is 0.250. The molecule has 2 N–H and O–H groups in total. The molecule has 0 spiro atoms. The molecule has 0 aliphatic rings. The van der Waals surface area contributed by atoms with Crippen LogP contribution in [0.3, 0.4) is 0 Å². The number of ether oxygens (including phenoxy) is 2. The molecule has 1 atom stereocenters. The van der Waals surface area contributed by atoms with Gasteiger partial charge in [-0.2, -0.15) is 0 Å². The normalized spacial score (nSPS) is 12.7. The van der Waals surface area contributed by atoms with Gasteiger partial charge in [-0.15, -0.1) is 0 Å². The van der Waals surface area contributed by atoms with Crippen molar-refractivity contribution in [3.05, 3.63) is 54.1 Å². The SMILES string of the molecule is COc1ccc(C(CN)S(=O)(=O)c2ccc(OC)cc2)cc1. The summed E-state index contributed by atoms with van der Waals surface area (Å²) in [7, 11) is -0.480. The number of benzene rings is 2. The minimum Gasteiger partial charge on any atom is -0.497 e. The Hall–Kier alpha value is -2.05. The van der Waals surface area contributed by atoms with Gasteiger partial charge in [-0.05, 0) is 42.0 Å². The summed E-state index contributed by atoms with van der Waals surface area (Å²) in [6, 6.07) is 13.2. The third kappa shape index (κ3) is 3.23. The highest BCUT2D eigenvalue weighted by atomic mass is 32.2. The van der Waals surface area contributed by atoms with Gasteiger partial charge in [0.1, 0.15) is 16.7 Å². The van der Waals surface area contributed by atoms with Crippen LogP contribution in [0.2, 0.25) is 0 Å². The Kier molecular flexibility index (Phi) is 5.05. The first kappa shape index (κ1) is 16.3. The molecule has 0 saturated carbocycles. The summed E-state index contributed by atoms with van der Waals surface area (Å²) in [6.07, 6.45) is 0. The lowest BCUT2D eigenvalue weighted by Gasteiger charge is -2.17. The molecular formula is C16H19NO4S. The highest BCUT2D eigenvalue weighted by molar-refractivity contribution is 7.91. The first-order valence-corrected chi connectivity index (χ1v) is 8.29. The average molecular weight is 321 g/mol. The third-order valence-electron chi connectivity index (χ3n) is 3.46. The summed E-state index contributed by atoms with van der Waals surface area (Å²) in [5.74, 6) is 1.27. The molecule has 0 radical (unpaired) electrons. The molecule has 0 aliphatic carbocycles. The van der Waals surface area contributed by atoms with Crippen molar-refractivity contribution in [2.75, 3.05) is 20.8 Å². The number of hydrogen-bond acceptors (Lipinski definition) is 5. The molecule has 22 heavy (non-hydrogen) atoms. The van der Waals surface area contributed by atoms with E-state index >= 15 is 0 Å². The summed E-state index contributed by atoms with van der Waals surface area (Å²) in [5, 5.41) is -0.799. The first-order valence-electron chi connectivity index (χ1n) is 6.75. The summed E-state index contributed by atoms with van der Waals surface area (Å²) in [5.41, 5.74) is 6.36.